The zero-order valence-electron chi connectivity index (χ0n) is 8.20. The largest absolute Gasteiger partial charge is 0.497 e. The summed E-state index contributed by atoms with van der Waals surface area (Å²) in [5, 5.41) is 9.58. The Morgan fingerprint density at radius 2 is 2.14 bits per heavy atom. The minimum absolute atomic E-state index is 0.166. The average molecular weight is 199 g/mol. The van der Waals surface area contributed by atoms with Crippen LogP contribution in [0, 0.1) is 5.82 Å². The Kier molecular flexibility index (Phi) is 3.43. The van der Waals surface area contributed by atoms with Crippen LogP contribution >= 0.6 is 0 Å². The Morgan fingerprint density at radius 1 is 1.50 bits per heavy atom. The number of hydrogen-bond donors (Lipinski definition) is 2. The van der Waals surface area contributed by atoms with Gasteiger partial charge in [0.1, 0.15) is 11.6 Å². The molecule has 1 aromatic carbocycles. The molecule has 0 saturated carbocycles. The van der Waals surface area contributed by atoms with Crippen molar-refractivity contribution in [2.75, 3.05) is 7.11 Å². The van der Waals surface area contributed by atoms with Crippen molar-refractivity contribution < 1.29 is 14.2 Å². The molecule has 0 unspecified atom stereocenters. The smallest absolute Gasteiger partial charge is 0.129 e. The third kappa shape index (κ3) is 2.21. The van der Waals surface area contributed by atoms with E-state index in [1.54, 1.807) is 6.92 Å². The van der Waals surface area contributed by atoms with Crippen molar-refractivity contribution in [2.24, 2.45) is 5.73 Å². The van der Waals surface area contributed by atoms with Crippen LogP contribution < -0.4 is 10.5 Å². The van der Waals surface area contributed by atoms with Crippen LogP contribution in [0.5, 0.6) is 5.75 Å². The normalized spacial score (nSPS) is 14.9. The van der Waals surface area contributed by atoms with Gasteiger partial charge >= 0.3 is 0 Å². The molecule has 0 radical (unpaired) electrons. The van der Waals surface area contributed by atoms with E-state index in [2.05, 4.69) is 0 Å². The molecule has 0 aliphatic carbocycles. The molecule has 4 heteroatoms. The predicted octanol–water partition coefficient (Wildman–Crippen LogP) is 1.21. The van der Waals surface area contributed by atoms with Crippen molar-refractivity contribution in [2.45, 2.75) is 19.1 Å². The molecule has 0 saturated heterocycles. The van der Waals surface area contributed by atoms with E-state index in [4.69, 9.17) is 10.5 Å². The standard InChI is InChI=1S/C10H14FNO2/c1-6(12)10(13)8-5-7(14-2)3-4-9(8)11/h3-6,10,13H,12H2,1-2H3/t6-,10-/m0/s1. The van der Waals surface area contributed by atoms with Crippen LogP contribution in [-0.2, 0) is 0 Å². The number of benzene rings is 1. The first-order chi connectivity index (χ1) is 6.56. The van der Waals surface area contributed by atoms with Gasteiger partial charge in [-0.1, -0.05) is 0 Å². The summed E-state index contributed by atoms with van der Waals surface area (Å²) in [7, 11) is 1.48. The molecule has 0 aliphatic heterocycles. The quantitative estimate of drug-likeness (QED) is 0.769. The van der Waals surface area contributed by atoms with Gasteiger partial charge in [-0.3, -0.25) is 0 Å². The molecular formula is C10H14FNO2. The number of aliphatic hydroxyl groups excluding tert-OH is 1. The van der Waals surface area contributed by atoms with Gasteiger partial charge in [0.05, 0.1) is 13.2 Å². The molecule has 14 heavy (non-hydrogen) atoms. The van der Waals surface area contributed by atoms with Crippen LogP contribution in [-0.4, -0.2) is 18.3 Å². The number of aliphatic hydroxyl groups is 1. The van der Waals surface area contributed by atoms with Gasteiger partial charge in [0.2, 0.25) is 0 Å². The molecule has 3 N–H and O–H groups in total. The van der Waals surface area contributed by atoms with E-state index in [9.17, 15) is 9.50 Å². The number of nitrogens with two attached hydrogens (primary N) is 1. The zero-order chi connectivity index (χ0) is 10.7. The Labute approximate surface area is 82.3 Å². The lowest BCUT2D eigenvalue weighted by Gasteiger charge is -2.16. The molecule has 2 atom stereocenters. The van der Waals surface area contributed by atoms with E-state index >= 15 is 0 Å². The summed E-state index contributed by atoms with van der Waals surface area (Å²) >= 11 is 0. The minimum Gasteiger partial charge on any atom is -0.497 e. The van der Waals surface area contributed by atoms with Gasteiger partial charge in [-0.25, -0.2) is 4.39 Å². The Hall–Kier alpha value is -1.13. The maximum atomic E-state index is 13.2. The zero-order valence-corrected chi connectivity index (χ0v) is 8.20. The van der Waals surface area contributed by atoms with E-state index in [1.807, 2.05) is 0 Å². The molecule has 78 valence electrons. The molecule has 1 rings (SSSR count). The van der Waals surface area contributed by atoms with Crippen molar-refractivity contribution in [3.8, 4) is 5.75 Å². The van der Waals surface area contributed by atoms with Gasteiger partial charge in [0.15, 0.2) is 0 Å². The van der Waals surface area contributed by atoms with Crippen LogP contribution in [0.4, 0.5) is 4.39 Å². The van der Waals surface area contributed by atoms with Crippen molar-refractivity contribution >= 4 is 0 Å². The van der Waals surface area contributed by atoms with Gasteiger partial charge in [-0.2, -0.15) is 0 Å². The number of methoxy groups -OCH3 is 1. The lowest BCUT2D eigenvalue weighted by molar-refractivity contribution is 0.148. The SMILES string of the molecule is COc1ccc(F)c([C@@H](O)[C@H](C)N)c1. The maximum absolute atomic E-state index is 13.2. The number of hydrogen-bond acceptors (Lipinski definition) is 3. The molecule has 0 spiro atoms. The van der Waals surface area contributed by atoms with Crippen LogP contribution in [0.15, 0.2) is 18.2 Å². The first kappa shape index (κ1) is 10.9. The van der Waals surface area contributed by atoms with Crippen LogP contribution in [0.1, 0.15) is 18.6 Å². The average Bonchev–Trinajstić information content (AvgIpc) is 2.17. The highest BCUT2D eigenvalue weighted by Crippen LogP contribution is 2.23. The summed E-state index contributed by atoms with van der Waals surface area (Å²) in [5.74, 6) is 0.0247. The van der Waals surface area contributed by atoms with Crippen LogP contribution in [0.2, 0.25) is 0 Å². The fourth-order valence-corrected chi connectivity index (χ4v) is 1.16. The molecule has 0 aromatic heterocycles. The third-order valence-electron chi connectivity index (χ3n) is 2.02. The van der Waals surface area contributed by atoms with E-state index in [-0.39, 0.29) is 5.56 Å². The second-order valence-corrected chi connectivity index (χ2v) is 3.19. The molecule has 0 fully saturated rings. The number of halogens is 1. The van der Waals surface area contributed by atoms with Gasteiger partial charge < -0.3 is 15.6 Å². The predicted molar refractivity (Wildman–Crippen MR) is 51.6 cm³/mol. The molecule has 0 heterocycles. The first-order valence-electron chi connectivity index (χ1n) is 4.33. The van der Waals surface area contributed by atoms with Crippen molar-refractivity contribution in [3.05, 3.63) is 29.6 Å². The fourth-order valence-electron chi connectivity index (χ4n) is 1.16. The van der Waals surface area contributed by atoms with Gasteiger partial charge in [-0.05, 0) is 25.1 Å². The van der Waals surface area contributed by atoms with Gasteiger partial charge in [0, 0.05) is 11.6 Å². The summed E-state index contributed by atoms with van der Waals surface area (Å²) in [6.07, 6.45) is -1.01. The Balaban J connectivity index is 3.05. The Bertz CT molecular complexity index is 315. The monoisotopic (exact) mass is 199 g/mol. The molecule has 0 aliphatic rings. The van der Waals surface area contributed by atoms with E-state index in [0.717, 1.165) is 0 Å². The number of rotatable bonds is 3. The summed E-state index contributed by atoms with van der Waals surface area (Å²) < 4.78 is 18.2. The van der Waals surface area contributed by atoms with Crippen molar-refractivity contribution in [3.63, 3.8) is 0 Å². The summed E-state index contributed by atoms with van der Waals surface area (Å²) in [5.41, 5.74) is 5.64. The second kappa shape index (κ2) is 4.39. The number of ether oxygens (including phenoxy) is 1. The van der Waals surface area contributed by atoms with Gasteiger partial charge in [0.25, 0.3) is 0 Å². The molecule has 0 amide bonds. The lowest BCUT2D eigenvalue weighted by atomic mass is 10.0. The highest BCUT2D eigenvalue weighted by atomic mass is 19.1. The summed E-state index contributed by atoms with van der Waals surface area (Å²) in [4.78, 5) is 0. The first-order valence-corrected chi connectivity index (χ1v) is 4.33. The third-order valence-corrected chi connectivity index (χ3v) is 2.02. The van der Waals surface area contributed by atoms with Crippen LogP contribution in [0.25, 0.3) is 0 Å². The molecule has 3 nitrogen and oxygen atoms in total. The Morgan fingerprint density at radius 3 is 2.64 bits per heavy atom. The molecular weight excluding hydrogens is 185 g/mol. The molecule has 1 aromatic rings. The highest BCUT2D eigenvalue weighted by Gasteiger charge is 2.17. The van der Waals surface area contributed by atoms with Gasteiger partial charge in [-0.15, -0.1) is 0 Å². The lowest BCUT2D eigenvalue weighted by Crippen LogP contribution is -2.25. The second-order valence-electron chi connectivity index (χ2n) is 3.19. The molecule has 0 bridgehead atoms. The maximum Gasteiger partial charge on any atom is 0.129 e. The van der Waals surface area contributed by atoms with E-state index in [1.165, 1.54) is 25.3 Å². The summed E-state index contributed by atoms with van der Waals surface area (Å²) in [6.45, 7) is 1.61. The summed E-state index contributed by atoms with van der Waals surface area (Å²) in [6, 6.07) is 3.67. The fraction of sp³-hybridized carbons (Fsp3) is 0.400. The topological polar surface area (TPSA) is 55.5 Å². The highest BCUT2D eigenvalue weighted by molar-refractivity contribution is 5.31. The van der Waals surface area contributed by atoms with Crippen molar-refractivity contribution in [1.29, 1.82) is 0 Å². The minimum atomic E-state index is -1.01. The van der Waals surface area contributed by atoms with Crippen LogP contribution in [0.3, 0.4) is 0 Å². The van der Waals surface area contributed by atoms with Crippen molar-refractivity contribution in [1.82, 2.24) is 0 Å². The van der Waals surface area contributed by atoms with E-state index < -0.39 is 18.0 Å². The van der Waals surface area contributed by atoms with E-state index in [0.29, 0.717) is 5.75 Å².